The second-order valence-electron chi connectivity index (χ2n) is 2.81. The molecule has 0 amide bonds. The van der Waals surface area contributed by atoms with E-state index in [2.05, 4.69) is 13.2 Å². The third-order valence-electron chi connectivity index (χ3n) is 1.37. The van der Waals surface area contributed by atoms with Crippen molar-refractivity contribution < 1.29 is 9.53 Å². The van der Waals surface area contributed by atoms with Crippen molar-refractivity contribution in [2.24, 2.45) is 5.41 Å². The van der Waals surface area contributed by atoms with Crippen molar-refractivity contribution in [1.29, 1.82) is 0 Å². The molecule has 11 heavy (non-hydrogen) atoms. The average molecular weight is 154 g/mol. The van der Waals surface area contributed by atoms with Gasteiger partial charge in [0.05, 0.1) is 5.41 Å². The highest BCUT2D eigenvalue weighted by molar-refractivity contribution is 5.78. The first-order valence-electron chi connectivity index (χ1n) is 3.46. The fourth-order valence-electron chi connectivity index (χ4n) is 0.404. The Morgan fingerprint density at radius 2 is 2.09 bits per heavy atom. The van der Waals surface area contributed by atoms with E-state index in [0.717, 1.165) is 0 Å². The van der Waals surface area contributed by atoms with Crippen molar-refractivity contribution in [2.45, 2.75) is 13.8 Å². The highest BCUT2D eigenvalue weighted by Gasteiger charge is 2.24. The number of ether oxygens (including phenoxy) is 1. The van der Waals surface area contributed by atoms with Crippen LogP contribution in [0.1, 0.15) is 13.8 Å². The molecule has 0 saturated heterocycles. The second kappa shape index (κ2) is 3.96. The standard InChI is InChI=1S/C9H14O2/c1-5-7-11-8(10)9(3,4)6-2/h5-6H,1-2,7H2,3-4H3. The second-order valence-corrected chi connectivity index (χ2v) is 2.81. The lowest BCUT2D eigenvalue weighted by Gasteiger charge is -2.16. The molecule has 0 saturated carbocycles. The predicted molar refractivity (Wildman–Crippen MR) is 45.1 cm³/mol. The summed E-state index contributed by atoms with van der Waals surface area (Å²) in [6.45, 7) is 10.7. The third kappa shape index (κ3) is 3.03. The summed E-state index contributed by atoms with van der Waals surface area (Å²) in [4.78, 5) is 11.1. The van der Waals surface area contributed by atoms with Gasteiger partial charge in [0.15, 0.2) is 0 Å². The maximum atomic E-state index is 11.1. The van der Waals surface area contributed by atoms with Gasteiger partial charge in [-0.2, -0.15) is 0 Å². The first-order chi connectivity index (χ1) is 5.04. The molecule has 0 atom stereocenters. The molecule has 0 aromatic rings. The average Bonchev–Trinajstić information content (AvgIpc) is 2.00. The van der Waals surface area contributed by atoms with Gasteiger partial charge in [-0.25, -0.2) is 0 Å². The largest absolute Gasteiger partial charge is 0.461 e. The van der Waals surface area contributed by atoms with Gasteiger partial charge >= 0.3 is 5.97 Å². The van der Waals surface area contributed by atoms with Gasteiger partial charge in [-0.1, -0.05) is 18.7 Å². The molecule has 62 valence electrons. The monoisotopic (exact) mass is 154 g/mol. The Morgan fingerprint density at radius 3 is 2.45 bits per heavy atom. The van der Waals surface area contributed by atoms with Crippen molar-refractivity contribution in [3.63, 3.8) is 0 Å². The van der Waals surface area contributed by atoms with Crippen LogP contribution in [0.5, 0.6) is 0 Å². The van der Waals surface area contributed by atoms with Crippen molar-refractivity contribution in [3.05, 3.63) is 25.3 Å². The third-order valence-corrected chi connectivity index (χ3v) is 1.37. The van der Waals surface area contributed by atoms with Crippen LogP contribution in [0.15, 0.2) is 25.3 Å². The molecular weight excluding hydrogens is 140 g/mol. The first kappa shape index (κ1) is 9.95. The molecule has 2 heteroatoms. The van der Waals surface area contributed by atoms with Gasteiger partial charge in [-0.05, 0) is 13.8 Å². The molecule has 0 heterocycles. The molecule has 0 bridgehead atoms. The van der Waals surface area contributed by atoms with E-state index in [9.17, 15) is 4.79 Å². The lowest BCUT2D eigenvalue weighted by molar-refractivity contribution is -0.149. The van der Waals surface area contributed by atoms with Crippen LogP contribution < -0.4 is 0 Å². The molecule has 0 aliphatic rings. The molecule has 2 nitrogen and oxygen atoms in total. The fourth-order valence-corrected chi connectivity index (χ4v) is 0.404. The van der Waals surface area contributed by atoms with Gasteiger partial charge in [0.25, 0.3) is 0 Å². The zero-order chi connectivity index (χ0) is 8.91. The minimum Gasteiger partial charge on any atom is -0.461 e. The Kier molecular flexibility index (Phi) is 3.58. The number of esters is 1. The number of hydrogen-bond donors (Lipinski definition) is 0. The summed E-state index contributed by atoms with van der Waals surface area (Å²) >= 11 is 0. The minimum absolute atomic E-state index is 0.260. The molecular formula is C9H14O2. The van der Waals surface area contributed by atoms with E-state index in [4.69, 9.17) is 4.74 Å². The Balaban J connectivity index is 4.01. The number of carbonyl (C=O) groups is 1. The highest BCUT2D eigenvalue weighted by Crippen LogP contribution is 2.17. The quantitative estimate of drug-likeness (QED) is 0.457. The topological polar surface area (TPSA) is 26.3 Å². The summed E-state index contributed by atoms with van der Waals surface area (Å²) in [6, 6.07) is 0. The van der Waals surface area contributed by atoms with Crippen molar-refractivity contribution in [2.75, 3.05) is 6.61 Å². The zero-order valence-electron chi connectivity index (χ0n) is 7.09. The molecule has 0 rings (SSSR count). The molecule has 0 aliphatic carbocycles. The zero-order valence-corrected chi connectivity index (χ0v) is 7.09. The summed E-state index contributed by atoms with van der Waals surface area (Å²) < 4.78 is 4.82. The molecule has 0 aliphatic heterocycles. The van der Waals surface area contributed by atoms with Crippen LogP contribution in [0, 0.1) is 5.41 Å². The van der Waals surface area contributed by atoms with Crippen LogP contribution in [0.4, 0.5) is 0 Å². The Bertz CT molecular complexity index is 168. The van der Waals surface area contributed by atoms with E-state index in [-0.39, 0.29) is 12.6 Å². The van der Waals surface area contributed by atoms with Gasteiger partial charge in [0.1, 0.15) is 6.61 Å². The van der Waals surface area contributed by atoms with Gasteiger partial charge < -0.3 is 4.74 Å². The summed E-state index contributed by atoms with van der Waals surface area (Å²) in [5.41, 5.74) is -0.594. The van der Waals surface area contributed by atoms with E-state index >= 15 is 0 Å². The molecule has 0 spiro atoms. The molecule has 0 fully saturated rings. The lowest BCUT2D eigenvalue weighted by Crippen LogP contribution is -2.24. The van der Waals surface area contributed by atoms with Gasteiger partial charge in [-0.15, -0.1) is 6.58 Å². The summed E-state index contributed by atoms with van der Waals surface area (Å²) in [7, 11) is 0. The van der Waals surface area contributed by atoms with E-state index in [1.165, 1.54) is 6.08 Å². The van der Waals surface area contributed by atoms with Crippen LogP contribution in [0.3, 0.4) is 0 Å². The van der Waals surface area contributed by atoms with Crippen molar-refractivity contribution in [1.82, 2.24) is 0 Å². The van der Waals surface area contributed by atoms with Gasteiger partial charge in [0, 0.05) is 0 Å². The smallest absolute Gasteiger partial charge is 0.315 e. The normalized spacial score (nSPS) is 10.4. The van der Waals surface area contributed by atoms with Crippen molar-refractivity contribution >= 4 is 5.97 Å². The lowest BCUT2D eigenvalue weighted by atomic mass is 9.94. The van der Waals surface area contributed by atoms with Crippen LogP contribution in [0.2, 0.25) is 0 Å². The summed E-state index contributed by atoms with van der Waals surface area (Å²) in [6.07, 6.45) is 3.11. The maximum absolute atomic E-state index is 11.1. The minimum atomic E-state index is -0.594. The highest BCUT2D eigenvalue weighted by atomic mass is 16.5. The Labute approximate surface area is 67.6 Å². The molecule has 0 aromatic heterocycles. The first-order valence-corrected chi connectivity index (χ1v) is 3.46. The van der Waals surface area contributed by atoms with Gasteiger partial charge in [-0.3, -0.25) is 4.79 Å². The molecule has 0 N–H and O–H groups in total. The predicted octanol–water partition coefficient (Wildman–Crippen LogP) is 1.93. The van der Waals surface area contributed by atoms with E-state index in [1.54, 1.807) is 19.9 Å². The molecule has 0 aromatic carbocycles. The van der Waals surface area contributed by atoms with Gasteiger partial charge in [0.2, 0.25) is 0 Å². The maximum Gasteiger partial charge on any atom is 0.315 e. The van der Waals surface area contributed by atoms with Crippen LogP contribution in [-0.2, 0) is 9.53 Å². The SMILES string of the molecule is C=CCOC(=O)C(C)(C)C=C. The van der Waals surface area contributed by atoms with Crippen LogP contribution in [-0.4, -0.2) is 12.6 Å². The number of hydrogen-bond acceptors (Lipinski definition) is 2. The van der Waals surface area contributed by atoms with Crippen LogP contribution in [0.25, 0.3) is 0 Å². The Morgan fingerprint density at radius 1 is 1.55 bits per heavy atom. The van der Waals surface area contributed by atoms with E-state index < -0.39 is 5.41 Å². The molecule has 0 radical (unpaired) electrons. The number of rotatable bonds is 4. The summed E-state index contributed by atoms with van der Waals surface area (Å²) in [5.74, 6) is -0.271. The van der Waals surface area contributed by atoms with E-state index in [0.29, 0.717) is 0 Å². The van der Waals surface area contributed by atoms with Crippen molar-refractivity contribution in [3.8, 4) is 0 Å². The Hall–Kier alpha value is -1.05. The summed E-state index contributed by atoms with van der Waals surface area (Å²) in [5, 5.41) is 0. The van der Waals surface area contributed by atoms with E-state index in [1.807, 2.05) is 0 Å². The molecule has 0 unspecified atom stereocenters. The fraction of sp³-hybridized carbons (Fsp3) is 0.444. The number of carbonyl (C=O) groups excluding carboxylic acids is 1. The van der Waals surface area contributed by atoms with Crippen LogP contribution >= 0.6 is 0 Å².